The molecule has 2 N–H and O–H groups in total. The Morgan fingerprint density at radius 1 is 1.10 bits per heavy atom. The maximum absolute atomic E-state index is 13.4. The molecule has 5 rings (SSSR count). The molecule has 0 bridgehead atoms. The number of hydrogen-bond donors (Lipinski definition) is 2. The number of anilines is 1. The molecule has 0 aliphatic carbocycles. The molecular formula is C25H24N4O. The zero-order valence-electron chi connectivity index (χ0n) is 17.1. The summed E-state index contributed by atoms with van der Waals surface area (Å²) >= 11 is 0. The molecule has 0 unspecified atom stereocenters. The first-order valence-electron chi connectivity index (χ1n) is 10.3. The van der Waals surface area contributed by atoms with Crippen molar-refractivity contribution in [3.05, 3.63) is 94.9 Å². The first kappa shape index (κ1) is 18.4. The highest BCUT2D eigenvalue weighted by Crippen LogP contribution is 2.38. The van der Waals surface area contributed by atoms with Crippen LogP contribution in [-0.2, 0) is 6.42 Å². The van der Waals surface area contributed by atoms with Crippen LogP contribution >= 0.6 is 0 Å². The number of rotatable bonds is 2. The highest BCUT2D eigenvalue weighted by Gasteiger charge is 2.34. The Balaban J connectivity index is 1.57. The van der Waals surface area contributed by atoms with Gasteiger partial charge in [0.15, 0.2) is 0 Å². The topological polar surface area (TPSA) is 61.0 Å². The minimum Gasteiger partial charge on any atom is -0.356 e. The zero-order valence-corrected chi connectivity index (χ0v) is 17.1. The summed E-state index contributed by atoms with van der Waals surface area (Å²) in [5, 5.41) is 4.37. The van der Waals surface area contributed by atoms with Crippen molar-refractivity contribution in [3.8, 4) is 0 Å². The number of nitrogens with zero attached hydrogens (tertiary/aromatic N) is 2. The molecule has 5 heteroatoms. The number of aromatic amines is 1. The van der Waals surface area contributed by atoms with E-state index in [1.165, 1.54) is 10.9 Å². The molecule has 2 aromatic carbocycles. The third-order valence-electron chi connectivity index (χ3n) is 6.14. The molecule has 0 radical (unpaired) electrons. The molecule has 2 aromatic heterocycles. The van der Waals surface area contributed by atoms with E-state index in [4.69, 9.17) is 0 Å². The quantitative estimate of drug-likeness (QED) is 0.479. The summed E-state index contributed by atoms with van der Waals surface area (Å²) < 4.78 is 0. The normalized spacial score (nSPS) is 15.8. The van der Waals surface area contributed by atoms with Gasteiger partial charge in [0, 0.05) is 41.2 Å². The monoisotopic (exact) mass is 396 g/mol. The summed E-state index contributed by atoms with van der Waals surface area (Å²) in [5.41, 5.74) is 7.57. The van der Waals surface area contributed by atoms with E-state index in [2.05, 4.69) is 46.5 Å². The van der Waals surface area contributed by atoms with Gasteiger partial charge < -0.3 is 15.2 Å². The summed E-state index contributed by atoms with van der Waals surface area (Å²) in [4.78, 5) is 23.2. The summed E-state index contributed by atoms with van der Waals surface area (Å²) in [7, 11) is 0. The Labute approximate surface area is 175 Å². The van der Waals surface area contributed by atoms with Crippen LogP contribution in [0.25, 0.3) is 10.9 Å². The Bertz CT molecular complexity index is 1230. The van der Waals surface area contributed by atoms with Gasteiger partial charge in [0.05, 0.1) is 0 Å². The number of aryl methyl sites for hydroxylation is 1. The van der Waals surface area contributed by atoms with Gasteiger partial charge in [-0.3, -0.25) is 4.98 Å². The maximum Gasteiger partial charge on any atom is 0.322 e. The van der Waals surface area contributed by atoms with Gasteiger partial charge in [-0.05, 0) is 60.7 Å². The summed E-state index contributed by atoms with van der Waals surface area (Å²) in [6.45, 7) is 4.74. The van der Waals surface area contributed by atoms with Crippen LogP contribution in [-0.4, -0.2) is 27.4 Å². The van der Waals surface area contributed by atoms with E-state index >= 15 is 0 Å². The van der Waals surface area contributed by atoms with E-state index in [-0.39, 0.29) is 12.1 Å². The number of para-hydroxylation sites is 1. The van der Waals surface area contributed by atoms with Gasteiger partial charge in [-0.15, -0.1) is 0 Å². The van der Waals surface area contributed by atoms with Crippen molar-refractivity contribution in [1.29, 1.82) is 0 Å². The lowest BCUT2D eigenvalue weighted by Gasteiger charge is -2.36. The van der Waals surface area contributed by atoms with Crippen LogP contribution in [0.2, 0.25) is 0 Å². The molecule has 3 heterocycles. The third-order valence-corrected chi connectivity index (χ3v) is 6.14. The number of pyridine rings is 1. The van der Waals surface area contributed by atoms with Crippen molar-refractivity contribution in [2.24, 2.45) is 0 Å². The Morgan fingerprint density at radius 2 is 1.97 bits per heavy atom. The fourth-order valence-electron chi connectivity index (χ4n) is 4.42. The van der Waals surface area contributed by atoms with E-state index in [0.717, 1.165) is 40.0 Å². The number of aromatic nitrogens is 2. The highest BCUT2D eigenvalue weighted by atomic mass is 16.2. The summed E-state index contributed by atoms with van der Waals surface area (Å²) in [6, 6.07) is 18.0. The zero-order chi connectivity index (χ0) is 20.7. The smallest absolute Gasteiger partial charge is 0.322 e. The molecule has 150 valence electrons. The molecule has 4 aromatic rings. The SMILES string of the molecule is Cc1cccc(NC(=O)N2CCc3c([nH]c4ccccc34)[C@H]2c2cccnc2)c1C. The van der Waals surface area contributed by atoms with E-state index in [1.807, 2.05) is 48.4 Å². The lowest BCUT2D eigenvalue weighted by atomic mass is 9.93. The minimum absolute atomic E-state index is 0.0955. The summed E-state index contributed by atoms with van der Waals surface area (Å²) in [5.74, 6) is 0. The molecule has 1 aliphatic rings. The fourth-order valence-corrected chi connectivity index (χ4v) is 4.42. The molecule has 5 nitrogen and oxygen atoms in total. The molecule has 1 aliphatic heterocycles. The second kappa shape index (κ2) is 7.34. The molecule has 30 heavy (non-hydrogen) atoms. The predicted octanol–water partition coefficient (Wildman–Crippen LogP) is 5.36. The number of benzene rings is 2. The Morgan fingerprint density at radius 3 is 2.80 bits per heavy atom. The van der Waals surface area contributed by atoms with Crippen molar-refractivity contribution in [3.63, 3.8) is 0 Å². The molecule has 0 saturated heterocycles. The van der Waals surface area contributed by atoms with E-state index < -0.39 is 0 Å². The van der Waals surface area contributed by atoms with Gasteiger partial charge >= 0.3 is 6.03 Å². The van der Waals surface area contributed by atoms with E-state index in [0.29, 0.717) is 6.54 Å². The van der Waals surface area contributed by atoms with Gasteiger partial charge in [-0.25, -0.2) is 4.79 Å². The third kappa shape index (κ3) is 3.03. The number of carbonyl (C=O) groups excluding carboxylic acids is 1. The van der Waals surface area contributed by atoms with Gasteiger partial charge in [0.2, 0.25) is 0 Å². The fraction of sp³-hybridized carbons (Fsp3) is 0.200. The molecule has 1 atom stereocenters. The second-order valence-corrected chi connectivity index (χ2v) is 7.87. The molecule has 0 saturated carbocycles. The van der Waals surface area contributed by atoms with Gasteiger partial charge in [0.25, 0.3) is 0 Å². The van der Waals surface area contributed by atoms with Crippen molar-refractivity contribution >= 4 is 22.6 Å². The molecule has 2 amide bonds. The lowest BCUT2D eigenvalue weighted by molar-refractivity contribution is 0.193. The Kier molecular flexibility index (Phi) is 4.51. The van der Waals surface area contributed by atoms with Crippen molar-refractivity contribution in [2.45, 2.75) is 26.3 Å². The number of H-pyrrole nitrogens is 1. The van der Waals surface area contributed by atoms with Crippen LogP contribution in [0.15, 0.2) is 67.0 Å². The largest absolute Gasteiger partial charge is 0.356 e. The lowest BCUT2D eigenvalue weighted by Crippen LogP contribution is -2.43. The van der Waals surface area contributed by atoms with Crippen LogP contribution in [0.4, 0.5) is 10.5 Å². The second-order valence-electron chi connectivity index (χ2n) is 7.87. The van der Waals surface area contributed by atoms with Gasteiger partial charge in [0.1, 0.15) is 6.04 Å². The first-order chi connectivity index (χ1) is 14.6. The number of urea groups is 1. The van der Waals surface area contributed by atoms with Crippen LogP contribution in [0.1, 0.15) is 34.0 Å². The van der Waals surface area contributed by atoms with Crippen molar-refractivity contribution < 1.29 is 4.79 Å². The van der Waals surface area contributed by atoms with Gasteiger partial charge in [-0.1, -0.05) is 36.4 Å². The number of nitrogens with one attached hydrogen (secondary N) is 2. The molecule has 0 fully saturated rings. The average Bonchev–Trinajstić information content (AvgIpc) is 3.15. The maximum atomic E-state index is 13.4. The van der Waals surface area contributed by atoms with Crippen LogP contribution in [0.5, 0.6) is 0 Å². The molecule has 0 spiro atoms. The van der Waals surface area contributed by atoms with Crippen LogP contribution in [0, 0.1) is 13.8 Å². The van der Waals surface area contributed by atoms with Crippen LogP contribution < -0.4 is 5.32 Å². The summed E-state index contributed by atoms with van der Waals surface area (Å²) in [6.07, 6.45) is 4.43. The number of carbonyl (C=O) groups is 1. The first-order valence-corrected chi connectivity index (χ1v) is 10.3. The van der Waals surface area contributed by atoms with Gasteiger partial charge in [-0.2, -0.15) is 0 Å². The van der Waals surface area contributed by atoms with Crippen molar-refractivity contribution in [1.82, 2.24) is 14.9 Å². The average molecular weight is 396 g/mol. The molecular weight excluding hydrogens is 372 g/mol. The van der Waals surface area contributed by atoms with Crippen LogP contribution in [0.3, 0.4) is 0 Å². The Hall–Kier alpha value is -3.60. The number of hydrogen-bond acceptors (Lipinski definition) is 2. The number of amides is 2. The predicted molar refractivity (Wildman–Crippen MR) is 120 cm³/mol. The van der Waals surface area contributed by atoms with E-state index in [1.54, 1.807) is 6.20 Å². The van der Waals surface area contributed by atoms with Crippen molar-refractivity contribution in [2.75, 3.05) is 11.9 Å². The highest BCUT2D eigenvalue weighted by molar-refractivity contribution is 5.92. The van der Waals surface area contributed by atoms with E-state index in [9.17, 15) is 4.79 Å². The number of fused-ring (bicyclic) bond motifs is 3. The standard InChI is InChI=1S/C25H24N4O/c1-16-7-5-11-21(17(16)2)28-25(30)29-14-12-20-19-9-3-4-10-22(19)27-23(20)24(29)18-8-6-13-26-15-18/h3-11,13,15,24,27H,12,14H2,1-2H3,(H,28,30)/t24-/m1/s1. The minimum atomic E-state index is -0.208.